The van der Waals surface area contributed by atoms with E-state index in [2.05, 4.69) is 13.0 Å². The zero-order valence-corrected chi connectivity index (χ0v) is 7.49. The Morgan fingerprint density at radius 1 is 1.50 bits per heavy atom. The minimum atomic E-state index is 0.839. The average molecular weight is 165 g/mol. The van der Waals surface area contributed by atoms with Gasteiger partial charge in [-0.2, -0.15) is 4.74 Å². The average Bonchev–Trinajstić information content (AvgIpc) is 2.45. The Bertz CT molecular complexity index is 226. The van der Waals surface area contributed by atoms with Crippen molar-refractivity contribution in [2.24, 2.45) is 0 Å². The van der Waals surface area contributed by atoms with Crippen molar-refractivity contribution in [1.29, 1.82) is 0 Å². The smallest absolute Gasteiger partial charge is 0.187 e. The van der Waals surface area contributed by atoms with Gasteiger partial charge in [0, 0.05) is 11.6 Å². The molecule has 0 spiro atoms. The summed E-state index contributed by atoms with van der Waals surface area (Å²) >= 11 is 0. The number of hydrogen-bond donors (Lipinski definition) is 0. The molecule has 0 unspecified atom stereocenters. The molecule has 0 aromatic heterocycles. The molecule has 1 aliphatic rings. The molecule has 0 saturated carbocycles. The van der Waals surface area contributed by atoms with Crippen LogP contribution in [-0.2, 0) is 0 Å². The fraction of sp³-hybridized carbons (Fsp3) is 0.500. The number of allylic oxidation sites excluding steroid dienone is 3. The van der Waals surface area contributed by atoms with Gasteiger partial charge < -0.3 is 5.21 Å². The molecule has 12 heavy (non-hydrogen) atoms. The first-order chi connectivity index (χ1) is 5.83. The third-order valence-electron chi connectivity index (χ3n) is 1.88. The highest BCUT2D eigenvalue weighted by atomic mass is 16.5. The van der Waals surface area contributed by atoms with Crippen LogP contribution in [0.15, 0.2) is 23.9 Å². The number of hydroxylamine groups is 1. The summed E-state index contributed by atoms with van der Waals surface area (Å²) in [5.41, 5.74) is 1.04. The van der Waals surface area contributed by atoms with Gasteiger partial charge in [-0.15, -0.1) is 0 Å². The molecule has 1 rings (SSSR count). The van der Waals surface area contributed by atoms with Crippen LogP contribution in [0.3, 0.4) is 0 Å². The van der Waals surface area contributed by atoms with Crippen LogP contribution in [0.2, 0.25) is 0 Å². The lowest BCUT2D eigenvalue weighted by Gasteiger charge is -1.91. The highest BCUT2D eigenvalue weighted by molar-refractivity contribution is 5.80. The molecule has 0 aliphatic carbocycles. The summed E-state index contributed by atoms with van der Waals surface area (Å²) in [5.74, 6) is 0. The van der Waals surface area contributed by atoms with Gasteiger partial charge >= 0.3 is 0 Å². The van der Waals surface area contributed by atoms with E-state index in [1.807, 2.05) is 6.08 Å². The third kappa shape index (κ3) is 2.91. The molecule has 1 aliphatic heterocycles. The van der Waals surface area contributed by atoms with Crippen LogP contribution in [0.1, 0.15) is 32.6 Å². The van der Waals surface area contributed by atoms with Crippen LogP contribution in [0.5, 0.6) is 0 Å². The van der Waals surface area contributed by atoms with Gasteiger partial charge in [0.05, 0.1) is 0 Å². The summed E-state index contributed by atoms with van der Waals surface area (Å²) in [6, 6.07) is 0. The molecule has 0 saturated heterocycles. The molecule has 0 radical (unpaired) electrons. The summed E-state index contributed by atoms with van der Waals surface area (Å²) in [7, 11) is 0. The highest BCUT2D eigenvalue weighted by Crippen LogP contribution is 2.06. The maximum atomic E-state index is 10.7. The van der Waals surface area contributed by atoms with Gasteiger partial charge in [-0.1, -0.05) is 25.8 Å². The van der Waals surface area contributed by atoms with Crippen LogP contribution in [0.4, 0.5) is 0 Å². The van der Waals surface area contributed by atoms with E-state index in [9.17, 15) is 5.21 Å². The summed E-state index contributed by atoms with van der Waals surface area (Å²) < 4.78 is 0.839. The second-order valence-corrected chi connectivity index (χ2v) is 3.00. The zero-order chi connectivity index (χ0) is 8.81. The SMILES string of the molecule is CCCCCC=C1C=C[N+]([O-])=C1. The fourth-order valence-electron chi connectivity index (χ4n) is 1.18. The van der Waals surface area contributed by atoms with E-state index < -0.39 is 0 Å². The maximum absolute atomic E-state index is 10.7. The Balaban J connectivity index is 2.25. The van der Waals surface area contributed by atoms with E-state index in [1.54, 1.807) is 6.21 Å². The Kier molecular flexibility index (Phi) is 3.58. The van der Waals surface area contributed by atoms with Crippen LogP contribution in [-0.4, -0.2) is 11.0 Å². The van der Waals surface area contributed by atoms with Crippen LogP contribution < -0.4 is 0 Å². The van der Waals surface area contributed by atoms with E-state index in [-0.39, 0.29) is 0 Å². The van der Waals surface area contributed by atoms with E-state index in [4.69, 9.17) is 0 Å². The van der Waals surface area contributed by atoms with Crippen molar-refractivity contribution >= 4 is 6.21 Å². The van der Waals surface area contributed by atoms with E-state index >= 15 is 0 Å². The molecule has 0 amide bonds. The van der Waals surface area contributed by atoms with Crippen LogP contribution >= 0.6 is 0 Å². The predicted molar refractivity (Wildman–Crippen MR) is 51.1 cm³/mol. The largest absolute Gasteiger partial charge is 0.619 e. The Labute approximate surface area is 73.5 Å². The number of hydrogen-bond acceptors (Lipinski definition) is 1. The van der Waals surface area contributed by atoms with Gasteiger partial charge in [0.25, 0.3) is 0 Å². The molecule has 0 aromatic carbocycles. The molecule has 0 aromatic rings. The standard InChI is InChI=1S/C10H15NO/c1-2-3-4-5-6-10-7-8-11(12)9-10/h6-9H,2-5H2,1H3. The van der Waals surface area contributed by atoms with Crippen molar-refractivity contribution in [1.82, 2.24) is 0 Å². The lowest BCUT2D eigenvalue weighted by Crippen LogP contribution is -1.88. The predicted octanol–water partition coefficient (Wildman–Crippen LogP) is 2.60. The Hall–Kier alpha value is -1.05. The third-order valence-corrected chi connectivity index (χ3v) is 1.88. The number of nitrogens with zero attached hydrogens (tertiary/aromatic N) is 1. The molecule has 0 atom stereocenters. The normalized spacial score (nSPS) is 18.8. The molecule has 0 bridgehead atoms. The monoisotopic (exact) mass is 165 g/mol. The fourth-order valence-corrected chi connectivity index (χ4v) is 1.18. The minimum absolute atomic E-state index is 0.839. The first-order valence-corrected chi connectivity index (χ1v) is 4.51. The lowest BCUT2D eigenvalue weighted by molar-refractivity contribution is -0.369. The molecule has 0 fully saturated rings. The molecule has 0 N–H and O–H groups in total. The van der Waals surface area contributed by atoms with Crippen molar-refractivity contribution in [3.05, 3.63) is 29.1 Å². The van der Waals surface area contributed by atoms with Crippen LogP contribution in [0, 0.1) is 5.21 Å². The van der Waals surface area contributed by atoms with Gasteiger partial charge in [-0.05, 0) is 12.8 Å². The van der Waals surface area contributed by atoms with Gasteiger partial charge in [-0.3, -0.25) is 0 Å². The number of rotatable bonds is 4. The van der Waals surface area contributed by atoms with E-state index in [0.29, 0.717) is 0 Å². The molecule has 66 valence electrons. The number of unbranched alkanes of at least 4 members (excludes halogenated alkanes) is 3. The first kappa shape index (κ1) is 9.04. The van der Waals surface area contributed by atoms with Gasteiger partial charge in [-0.25, -0.2) is 0 Å². The van der Waals surface area contributed by atoms with Crippen molar-refractivity contribution in [3.63, 3.8) is 0 Å². The molecule has 2 heteroatoms. The summed E-state index contributed by atoms with van der Waals surface area (Å²) in [6.07, 6.45) is 11.9. The van der Waals surface area contributed by atoms with Gasteiger partial charge in [0.1, 0.15) is 0 Å². The molecule has 1 heterocycles. The summed E-state index contributed by atoms with van der Waals surface area (Å²) in [4.78, 5) is 0. The Morgan fingerprint density at radius 3 is 2.92 bits per heavy atom. The second kappa shape index (κ2) is 4.75. The second-order valence-electron chi connectivity index (χ2n) is 3.00. The lowest BCUT2D eigenvalue weighted by atomic mass is 10.1. The molecular formula is C10H15NO. The van der Waals surface area contributed by atoms with E-state index in [0.717, 1.165) is 16.7 Å². The van der Waals surface area contributed by atoms with Crippen molar-refractivity contribution in [3.8, 4) is 0 Å². The molecule has 2 nitrogen and oxygen atoms in total. The zero-order valence-electron chi connectivity index (χ0n) is 7.49. The summed E-state index contributed by atoms with van der Waals surface area (Å²) in [6.45, 7) is 2.19. The quantitative estimate of drug-likeness (QED) is 0.357. The highest BCUT2D eigenvalue weighted by Gasteiger charge is 2.00. The van der Waals surface area contributed by atoms with Crippen molar-refractivity contribution < 1.29 is 4.74 Å². The first-order valence-electron chi connectivity index (χ1n) is 4.51. The van der Waals surface area contributed by atoms with Crippen molar-refractivity contribution in [2.75, 3.05) is 0 Å². The van der Waals surface area contributed by atoms with Crippen molar-refractivity contribution in [2.45, 2.75) is 32.6 Å². The topological polar surface area (TPSA) is 26.1 Å². The van der Waals surface area contributed by atoms with E-state index in [1.165, 1.54) is 25.5 Å². The van der Waals surface area contributed by atoms with Gasteiger partial charge in [0.2, 0.25) is 0 Å². The molecular weight excluding hydrogens is 150 g/mol. The maximum Gasteiger partial charge on any atom is 0.187 e. The Morgan fingerprint density at radius 2 is 2.33 bits per heavy atom. The summed E-state index contributed by atoms with van der Waals surface area (Å²) in [5, 5.41) is 10.7. The van der Waals surface area contributed by atoms with Gasteiger partial charge in [0.15, 0.2) is 12.4 Å². The minimum Gasteiger partial charge on any atom is -0.619 e. The van der Waals surface area contributed by atoms with Crippen LogP contribution in [0.25, 0.3) is 0 Å².